The maximum Gasteiger partial charge on any atom is 0.328 e. The van der Waals surface area contributed by atoms with E-state index in [1.807, 2.05) is 48.7 Å². The largest absolute Gasteiger partial charge is 0.478 e. The molecule has 3 rings (SSSR count). The van der Waals surface area contributed by atoms with E-state index in [0.717, 1.165) is 58.3 Å². The summed E-state index contributed by atoms with van der Waals surface area (Å²) in [5.74, 6) is -0.945. The molecule has 0 spiro atoms. The number of hydrogen-bond acceptors (Lipinski definition) is 3. The lowest BCUT2D eigenvalue weighted by molar-refractivity contribution is -0.131. The van der Waals surface area contributed by atoms with E-state index in [9.17, 15) is 4.79 Å². The predicted molar refractivity (Wildman–Crippen MR) is 97.8 cm³/mol. The maximum atomic E-state index is 10.6. The Morgan fingerprint density at radius 2 is 1.96 bits per heavy atom. The highest BCUT2D eigenvalue weighted by atomic mass is 16.4. The highest BCUT2D eigenvalue weighted by Gasteiger charge is 2.15. The Kier molecular flexibility index (Phi) is 4.65. The molecule has 3 aromatic rings. The highest BCUT2D eigenvalue weighted by Crippen LogP contribution is 2.21. The van der Waals surface area contributed by atoms with E-state index in [4.69, 9.17) is 15.2 Å². The molecule has 0 fully saturated rings. The highest BCUT2D eigenvalue weighted by molar-refractivity contribution is 5.85. The van der Waals surface area contributed by atoms with E-state index in [1.165, 1.54) is 0 Å². The zero-order chi connectivity index (χ0) is 18.0. The normalized spacial score (nSPS) is 11.5. The minimum Gasteiger partial charge on any atom is -0.478 e. The molecule has 0 amide bonds. The first kappa shape index (κ1) is 16.9. The van der Waals surface area contributed by atoms with Gasteiger partial charge >= 0.3 is 5.97 Å². The maximum absolute atomic E-state index is 10.6. The number of rotatable bonds is 5. The van der Waals surface area contributed by atoms with Crippen LogP contribution < -0.4 is 0 Å². The molecule has 0 saturated heterocycles. The summed E-state index contributed by atoms with van der Waals surface area (Å²) >= 11 is 0. The summed E-state index contributed by atoms with van der Waals surface area (Å²) in [6, 6.07) is 9.93. The van der Waals surface area contributed by atoms with Crippen molar-refractivity contribution < 1.29 is 9.90 Å². The van der Waals surface area contributed by atoms with E-state index in [2.05, 4.69) is 6.92 Å². The molecular formula is C20H21N3O2. The average molecular weight is 335 g/mol. The summed E-state index contributed by atoms with van der Waals surface area (Å²) < 4.78 is 1.92. The second-order valence-corrected chi connectivity index (χ2v) is 6.14. The Labute approximate surface area is 146 Å². The number of fused-ring (bicyclic) bond motifs is 1. The molecule has 0 saturated carbocycles. The van der Waals surface area contributed by atoms with Crippen molar-refractivity contribution in [2.24, 2.45) is 0 Å². The third-order valence-corrected chi connectivity index (χ3v) is 4.19. The van der Waals surface area contributed by atoms with Crippen molar-refractivity contribution in [2.45, 2.75) is 33.6 Å². The van der Waals surface area contributed by atoms with Gasteiger partial charge in [-0.25, -0.2) is 14.3 Å². The Morgan fingerprint density at radius 3 is 2.60 bits per heavy atom. The van der Waals surface area contributed by atoms with Crippen LogP contribution in [0.3, 0.4) is 0 Å². The first-order valence-corrected chi connectivity index (χ1v) is 8.32. The minimum atomic E-state index is -0.945. The summed E-state index contributed by atoms with van der Waals surface area (Å²) in [5, 5.41) is 13.4. The molecule has 128 valence electrons. The summed E-state index contributed by atoms with van der Waals surface area (Å²) in [6.07, 6.45) is 4.35. The van der Waals surface area contributed by atoms with Crippen LogP contribution in [-0.2, 0) is 17.6 Å². The van der Waals surface area contributed by atoms with Gasteiger partial charge in [-0.2, -0.15) is 5.10 Å². The van der Waals surface area contributed by atoms with E-state index < -0.39 is 5.97 Å². The number of carboxylic acids is 1. The van der Waals surface area contributed by atoms with Gasteiger partial charge in [-0.05, 0) is 43.5 Å². The van der Waals surface area contributed by atoms with Crippen molar-refractivity contribution in [3.63, 3.8) is 0 Å². The number of nitrogens with zero attached hydrogens (tertiary/aromatic N) is 3. The Bertz CT molecular complexity index is 953. The van der Waals surface area contributed by atoms with Crippen molar-refractivity contribution in [1.82, 2.24) is 14.6 Å². The first-order chi connectivity index (χ1) is 12.0. The second-order valence-electron chi connectivity index (χ2n) is 6.14. The Morgan fingerprint density at radius 1 is 1.24 bits per heavy atom. The van der Waals surface area contributed by atoms with Crippen LogP contribution in [0.1, 0.15) is 40.7 Å². The number of aromatic nitrogens is 3. The number of carbonyl (C=O) groups is 1. The molecule has 0 unspecified atom stereocenters. The van der Waals surface area contributed by atoms with Gasteiger partial charge in [-0.1, -0.05) is 31.2 Å². The summed E-state index contributed by atoms with van der Waals surface area (Å²) in [5.41, 5.74) is 7.23. The molecule has 5 heteroatoms. The lowest BCUT2D eigenvalue weighted by atomic mass is 10.0. The van der Waals surface area contributed by atoms with Crippen molar-refractivity contribution >= 4 is 17.7 Å². The molecule has 0 aliphatic heterocycles. The standard InChI is InChI=1S/C20H21N3O2/c1-4-18-17(20-21-13(2)11-14(3)23(20)22-18)12-16-7-5-15(6-8-16)9-10-19(24)25/h5-11H,4,12H2,1-3H3,(H,24,25). The van der Waals surface area contributed by atoms with Gasteiger partial charge in [0.1, 0.15) is 0 Å². The van der Waals surface area contributed by atoms with Crippen LogP contribution in [0.15, 0.2) is 36.4 Å². The number of carboxylic acid groups (broad SMARTS) is 1. The fraction of sp³-hybridized carbons (Fsp3) is 0.250. The Hall–Kier alpha value is -2.95. The van der Waals surface area contributed by atoms with Crippen LogP contribution in [0.4, 0.5) is 0 Å². The lowest BCUT2D eigenvalue weighted by Crippen LogP contribution is -1.98. The van der Waals surface area contributed by atoms with Gasteiger partial charge < -0.3 is 5.11 Å². The van der Waals surface area contributed by atoms with E-state index in [-0.39, 0.29) is 0 Å². The van der Waals surface area contributed by atoms with Crippen LogP contribution >= 0.6 is 0 Å². The van der Waals surface area contributed by atoms with Gasteiger partial charge in [0.05, 0.1) is 5.69 Å². The third kappa shape index (κ3) is 3.60. The summed E-state index contributed by atoms with van der Waals surface area (Å²) in [4.78, 5) is 15.3. The predicted octanol–water partition coefficient (Wildman–Crippen LogP) is 3.60. The van der Waals surface area contributed by atoms with Gasteiger partial charge in [0.25, 0.3) is 0 Å². The third-order valence-electron chi connectivity index (χ3n) is 4.19. The molecule has 1 N–H and O–H groups in total. The first-order valence-electron chi connectivity index (χ1n) is 8.32. The van der Waals surface area contributed by atoms with Crippen LogP contribution in [0.5, 0.6) is 0 Å². The number of hydrogen-bond donors (Lipinski definition) is 1. The van der Waals surface area contributed by atoms with Gasteiger partial charge in [0.15, 0.2) is 5.65 Å². The zero-order valence-corrected chi connectivity index (χ0v) is 14.7. The number of aliphatic carboxylic acids is 1. The second kappa shape index (κ2) is 6.89. The van der Waals surface area contributed by atoms with E-state index >= 15 is 0 Å². The molecule has 0 aliphatic carbocycles. The molecule has 5 nitrogen and oxygen atoms in total. The minimum absolute atomic E-state index is 0.755. The fourth-order valence-electron chi connectivity index (χ4n) is 2.99. The monoisotopic (exact) mass is 335 g/mol. The molecular weight excluding hydrogens is 314 g/mol. The van der Waals surface area contributed by atoms with Crippen molar-refractivity contribution in [3.8, 4) is 0 Å². The van der Waals surface area contributed by atoms with Crippen LogP contribution in [0.2, 0.25) is 0 Å². The van der Waals surface area contributed by atoms with Crippen molar-refractivity contribution in [1.29, 1.82) is 0 Å². The topological polar surface area (TPSA) is 67.5 Å². The van der Waals surface area contributed by atoms with Crippen molar-refractivity contribution in [2.75, 3.05) is 0 Å². The van der Waals surface area contributed by atoms with E-state index in [1.54, 1.807) is 6.08 Å². The number of benzene rings is 1. The van der Waals surface area contributed by atoms with Crippen LogP contribution in [-0.4, -0.2) is 25.7 Å². The smallest absolute Gasteiger partial charge is 0.328 e. The van der Waals surface area contributed by atoms with Gasteiger partial charge in [0.2, 0.25) is 0 Å². The fourth-order valence-corrected chi connectivity index (χ4v) is 2.99. The molecule has 25 heavy (non-hydrogen) atoms. The number of aryl methyl sites for hydroxylation is 3. The van der Waals surface area contributed by atoms with E-state index in [0.29, 0.717) is 0 Å². The zero-order valence-electron chi connectivity index (χ0n) is 14.7. The van der Waals surface area contributed by atoms with Crippen molar-refractivity contribution in [3.05, 3.63) is 70.2 Å². The molecule has 0 aliphatic rings. The molecule has 0 atom stereocenters. The molecule has 0 radical (unpaired) electrons. The van der Waals surface area contributed by atoms with Gasteiger partial charge in [0, 0.05) is 29.4 Å². The molecule has 1 aromatic carbocycles. The van der Waals surface area contributed by atoms with Crippen LogP contribution in [0.25, 0.3) is 11.7 Å². The average Bonchev–Trinajstić information content (AvgIpc) is 2.92. The quantitative estimate of drug-likeness (QED) is 0.724. The molecule has 2 heterocycles. The summed E-state index contributed by atoms with van der Waals surface area (Å²) in [6.45, 7) is 6.15. The SMILES string of the molecule is CCc1nn2c(C)cc(C)nc2c1Cc1ccc(C=CC(=O)O)cc1. The molecule has 2 aromatic heterocycles. The Balaban J connectivity index is 1.96. The van der Waals surface area contributed by atoms with Gasteiger partial charge in [-0.3, -0.25) is 0 Å². The van der Waals surface area contributed by atoms with Crippen LogP contribution in [0, 0.1) is 13.8 Å². The van der Waals surface area contributed by atoms with Gasteiger partial charge in [-0.15, -0.1) is 0 Å². The molecule has 0 bridgehead atoms. The lowest BCUT2D eigenvalue weighted by Gasteiger charge is -2.04. The summed E-state index contributed by atoms with van der Waals surface area (Å²) in [7, 11) is 0.